The first-order valence-electron chi connectivity index (χ1n) is 6.95. The molecule has 5 nitrogen and oxygen atoms in total. The fourth-order valence-corrected chi connectivity index (χ4v) is 2.34. The normalized spacial score (nSPS) is 14.6. The van der Waals surface area contributed by atoms with Gasteiger partial charge in [0.1, 0.15) is 0 Å². The summed E-state index contributed by atoms with van der Waals surface area (Å²) in [5.74, 6) is -0.00276. The number of anilines is 1. The Hall–Kier alpha value is -2.04. The summed E-state index contributed by atoms with van der Waals surface area (Å²) in [5, 5.41) is 0. The molecule has 1 fully saturated rings. The molecule has 0 aliphatic heterocycles. The molecule has 1 saturated carbocycles. The van der Waals surface area contributed by atoms with Gasteiger partial charge >= 0.3 is 0 Å². The maximum Gasteiger partial charge on any atom is 0.237 e. The Bertz CT molecular complexity index is 480. The molecule has 0 saturated heterocycles. The number of hydrogen-bond donors (Lipinski definition) is 2. The maximum absolute atomic E-state index is 12.2. The van der Waals surface area contributed by atoms with Crippen LogP contribution in [0, 0.1) is 5.92 Å². The quantitative estimate of drug-likeness (QED) is 0.766. The fraction of sp³-hybridized carbons (Fsp3) is 0.467. The van der Waals surface area contributed by atoms with Crippen molar-refractivity contribution in [3.63, 3.8) is 0 Å². The summed E-state index contributed by atoms with van der Waals surface area (Å²) >= 11 is 0. The summed E-state index contributed by atoms with van der Waals surface area (Å²) in [6, 6.07) is 7.29. The summed E-state index contributed by atoms with van der Waals surface area (Å²) in [6.07, 6.45) is 3.93. The third-order valence-corrected chi connectivity index (χ3v) is 3.74. The molecule has 108 valence electrons. The predicted molar refractivity (Wildman–Crippen MR) is 77.4 cm³/mol. The van der Waals surface area contributed by atoms with E-state index in [1.54, 1.807) is 12.1 Å². The van der Waals surface area contributed by atoms with Gasteiger partial charge in [-0.2, -0.15) is 0 Å². The number of nitrogens with zero attached hydrogens (tertiary/aromatic N) is 1. The molecular formula is C15H21N3O2. The number of benzene rings is 1. The molecule has 0 bridgehead atoms. The number of primary amides is 1. The Kier molecular flexibility index (Phi) is 4.61. The minimum atomic E-state index is -0.484. The number of hydrogen-bond acceptors (Lipinski definition) is 3. The summed E-state index contributed by atoms with van der Waals surface area (Å²) in [5.41, 5.74) is 12.5. The Morgan fingerprint density at radius 2 is 1.85 bits per heavy atom. The van der Waals surface area contributed by atoms with Crippen LogP contribution in [-0.4, -0.2) is 23.3 Å². The zero-order chi connectivity index (χ0) is 14.5. The standard InChI is InChI=1S/C15H21N3O2/c16-13-6-4-12(5-7-13)9-18(10-14(17)19)15(20)8-11-2-1-3-11/h4-7,11H,1-3,8-10,16H2,(H2,17,19). The van der Waals surface area contributed by atoms with Crippen LogP contribution < -0.4 is 11.5 Å². The molecule has 1 aliphatic carbocycles. The van der Waals surface area contributed by atoms with Crippen LogP contribution in [0.1, 0.15) is 31.2 Å². The second-order valence-electron chi connectivity index (χ2n) is 5.46. The van der Waals surface area contributed by atoms with Gasteiger partial charge in [-0.1, -0.05) is 18.6 Å². The van der Waals surface area contributed by atoms with E-state index in [2.05, 4.69) is 0 Å². The van der Waals surface area contributed by atoms with Crippen molar-refractivity contribution in [3.05, 3.63) is 29.8 Å². The molecule has 2 rings (SSSR count). The molecule has 0 unspecified atom stereocenters. The molecule has 0 aromatic heterocycles. The number of amides is 2. The molecule has 0 spiro atoms. The van der Waals surface area contributed by atoms with E-state index in [9.17, 15) is 9.59 Å². The van der Waals surface area contributed by atoms with Gasteiger partial charge in [0.2, 0.25) is 11.8 Å². The first-order valence-corrected chi connectivity index (χ1v) is 6.95. The van der Waals surface area contributed by atoms with Crippen molar-refractivity contribution < 1.29 is 9.59 Å². The number of carbonyl (C=O) groups excluding carboxylic acids is 2. The zero-order valence-corrected chi connectivity index (χ0v) is 11.5. The van der Waals surface area contributed by atoms with Gasteiger partial charge in [-0.3, -0.25) is 9.59 Å². The van der Waals surface area contributed by atoms with E-state index >= 15 is 0 Å². The van der Waals surface area contributed by atoms with E-state index < -0.39 is 5.91 Å². The molecule has 4 N–H and O–H groups in total. The average Bonchev–Trinajstić information content (AvgIpc) is 2.35. The monoisotopic (exact) mass is 275 g/mol. The lowest BCUT2D eigenvalue weighted by Crippen LogP contribution is -2.39. The van der Waals surface area contributed by atoms with E-state index in [4.69, 9.17) is 11.5 Å². The highest BCUT2D eigenvalue weighted by Gasteiger charge is 2.24. The van der Waals surface area contributed by atoms with Crippen LogP contribution in [0.25, 0.3) is 0 Å². The minimum absolute atomic E-state index is 0.00493. The van der Waals surface area contributed by atoms with Gasteiger partial charge in [-0.25, -0.2) is 0 Å². The van der Waals surface area contributed by atoms with Crippen molar-refractivity contribution in [2.75, 3.05) is 12.3 Å². The molecule has 5 heteroatoms. The smallest absolute Gasteiger partial charge is 0.237 e. The van der Waals surface area contributed by atoms with E-state index in [0.29, 0.717) is 24.6 Å². The topological polar surface area (TPSA) is 89.4 Å². The van der Waals surface area contributed by atoms with Crippen molar-refractivity contribution in [2.24, 2.45) is 11.7 Å². The predicted octanol–water partition coefficient (Wildman–Crippen LogP) is 1.27. The molecular weight excluding hydrogens is 254 g/mol. The van der Waals surface area contributed by atoms with Gasteiger partial charge in [0.25, 0.3) is 0 Å². The first kappa shape index (κ1) is 14.4. The van der Waals surface area contributed by atoms with Gasteiger partial charge in [-0.15, -0.1) is 0 Å². The van der Waals surface area contributed by atoms with Crippen LogP contribution in [0.4, 0.5) is 5.69 Å². The molecule has 1 aromatic rings. The summed E-state index contributed by atoms with van der Waals surface area (Å²) in [7, 11) is 0. The zero-order valence-electron chi connectivity index (χ0n) is 11.5. The summed E-state index contributed by atoms with van der Waals surface area (Å²) < 4.78 is 0. The fourth-order valence-electron chi connectivity index (χ4n) is 2.34. The molecule has 0 radical (unpaired) electrons. The van der Waals surface area contributed by atoms with Crippen molar-refractivity contribution >= 4 is 17.5 Å². The van der Waals surface area contributed by atoms with Gasteiger partial charge < -0.3 is 16.4 Å². The van der Waals surface area contributed by atoms with E-state index in [0.717, 1.165) is 18.4 Å². The number of nitrogens with two attached hydrogens (primary N) is 2. The molecule has 2 amide bonds. The molecule has 0 heterocycles. The first-order chi connectivity index (χ1) is 9.54. The average molecular weight is 275 g/mol. The van der Waals surface area contributed by atoms with Gasteiger partial charge in [0.15, 0.2) is 0 Å². The summed E-state index contributed by atoms with van der Waals surface area (Å²) in [4.78, 5) is 24.9. The Morgan fingerprint density at radius 1 is 1.20 bits per heavy atom. The Balaban J connectivity index is 1.99. The van der Waals surface area contributed by atoms with E-state index in [-0.39, 0.29) is 12.5 Å². The lowest BCUT2D eigenvalue weighted by molar-refractivity contribution is -0.137. The van der Waals surface area contributed by atoms with Crippen LogP contribution in [0.15, 0.2) is 24.3 Å². The van der Waals surface area contributed by atoms with E-state index in [1.165, 1.54) is 11.3 Å². The van der Waals surface area contributed by atoms with Crippen LogP contribution in [0.5, 0.6) is 0 Å². The number of carbonyl (C=O) groups is 2. The van der Waals surface area contributed by atoms with Crippen LogP contribution in [0.3, 0.4) is 0 Å². The highest BCUT2D eigenvalue weighted by molar-refractivity contribution is 5.84. The van der Waals surface area contributed by atoms with Crippen molar-refractivity contribution in [1.29, 1.82) is 0 Å². The molecule has 20 heavy (non-hydrogen) atoms. The SMILES string of the molecule is NC(=O)CN(Cc1ccc(N)cc1)C(=O)CC1CCC1. The largest absolute Gasteiger partial charge is 0.399 e. The van der Waals surface area contributed by atoms with Crippen molar-refractivity contribution in [3.8, 4) is 0 Å². The maximum atomic E-state index is 12.2. The minimum Gasteiger partial charge on any atom is -0.399 e. The number of nitrogen functional groups attached to an aromatic ring is 1. The molecule has 1 aromatic carbocycles. The Labute approximate surface area is 118 Å². The molecule has 0 atom stereocenters. The van der Waals surface area contributed by atoms with Crippen molar-refractivity contribution in [2.45, 2.75) is 32.2 Å². The van der Waals surface area contributed by atoms with Crippen LogP contribution in [0.2, 0.25) is 0 Å². The van der Waals surface area contributed by atoms with Crippen LogP contribution in [-0.2, 0) is 16.1 Å². The second-order valence-corrected chi connectivity index (χ2v) is 5.46. The molecule has 1 aliphatic rings. The Morgan fingerprint density at radius 3 is 2.35 bits per heavy atom. The second kappa shape index (κ2) is 6.41. The highest BCUT2D eigenvalue weighted by atomic mass is 16.2. The lowest BCUT2D eigenvalue weighted by Gasteiger charge is -2.28. The lowest BCUT2D eigenvalue weighted by atomic mass is 9.82. The van der Waals surface area contributed by atoms with Gasteiger partial charge in [0.05, 0.1) is 6.54 Å². The van der Waals surface area contributed by atoms with Crippen LogP contribution >= 0.6 is 0 Å². The third-order valence-electron chi connectivity index (χ3n) is 3.74. The highest BCUT2D eigenvalue weighted by Crippen LogP contribution is 2.30. The summed E-state index contributed by atoms with van der Waals surface area (Å²) in [6.45, 7) is 0.366. The van der Waals surface area contributed by atoms with Gasteiger partial charge in [0, 0.05) is 18.7 Å². The number of rotatable bonds is 6. The van der Waals surface area contributed by atoms with Crippen molar-refractivity contribution in [1.82, 2.24) is 4.90 Å². The van der Waals surface area contributed by atoms with E-state index in [1.807, 2.05) is 12.1 Å². The third kappa shape index (κ3) is 3.98. The van der Waals surface area contributed by atoms with Gasteiger partial charge in [-0.05, 0) is 36.5 Å².